The highest BCUT2D eigenvalue weighted by molar-refractivity contribution is 4.83. The Morgan fingerprint density at radius 3 is 1.70 bits per heavy atom. The first-order valence-electron chi connectivity index (χ1n) is 3.45. The zero-order valence-electron chi connectivity index (χ0n) is 6.45. The lowest BCUT2D eigenvalue weighted by atomic mass is 10.5. The minimum absolute atomic E-state index is 0.750. The fourth-order valence-electron chi connectivity index (χ4n) is 0.383. The van der Waals surface area contributed by atoms with E-state index in [1.807, 2.05) is 0 Å². The van der Waals surface area contributed by atoms with Gasteiger partial charge in [0.15, 0.2) is 12.4 Å². The molecule has 0 N–H and O–H groups in total. The lowest BCUT2D eigenvalue weighted by molar-refractivity contribution is -0.605. The van der Waals surface area contributed by atoms with Gasteiger partial charge in [0.25, 0.3) is 0 Å². The van der Waals surface area contributed by atoms with Crippen LogP contribution in [0.4, 0.5) is 0 Å². The van der Waals surface area contributed by atoms with Gasteiger partial charge in [-0.15, -0.1) is 0 Å². The summed E-state index contributed by atoms with van der Waals surface area (Å²) >= 11 is 0. The summed E-state index contributed by atoms with van der Waals surface area (Å²) in [6.07, 6.45) is 4.14. The number of aromatic nitrogens is 1. The fourth-order valence-corrected chi connectivity index (χ4v) is 0.383. The number of pyridine rings is 1. The van der Waals surface area contributed by atoms with Crippen LogP contribution in [0.5, 0.6) is 0 Å². The van der Waals surface area contributed by atoms with E-state index in [1.165, 1.54) is 18.8 Å². The molecule has 0 aliphatic carbocycles. The Morgan fingerprint density at radius 2 is 1.50 bits per heavy atom. The predicted octanol–water partition coefficient (Wildman–Crippen LogP) is 1.74. The van der Waals surface area contributed by atoms with E-state index < -0.39 is 0 Å². The van der Waals surface area contributed by atoms with Crippen molar-refractivity contribution in [2.45, 2.75) is 20.3 Å². The molecule has 10 heavy (non-hydrogen) atoms. The largest absolute Gasteiger partial charge is 0.619 e. The van der Waals surface area contributed by atoms with Gasteiger partial charge in [0.05, 0.1) is 0 Å². The van der Waals surface area contributed by atoms with Gasteiger partial charge in [-0.05, 0) is 0 Å². The molecule has 2 nitrogen and oxygen atoms in total. The third kappa shape index (κ3) is 5.09. The summed E-state index contributed by atoms with van der Waals surface area (Å²) in [4.78, 5) is 0. The summed E-state index contributed by atoms with van der Waals surface area (Å²) in [7, 11) is 0. The minimum atomic E-state index is 0.750. The van der Waals surface area contributed by atoms with Crippen molar-refractivity contribution in [2.24, 2.45) is 0 Å². The van der Waals surface area contributed by atoms with Crippen LogP contribution in [0.3, 0.4) is 0 Å². The first kappa shape index (κ1) is 8.95. The highest BCUT2D eigenvalue weighted by Crippen LogP contribution is 1.72. The van der Waals surface area contributed by atoms with E-state index in [0.29, 0.717) is 0 Å². The second-order valence-electron chi connectivity index (χ2n) is 1.94. The number of hydrogen-bond donors (Lipinski definition) is 0. The van der Waals surface area contributed by atoms with E-state index in [1.54, 1.807) is 18.2 Å². The summed E-state index contributed by atoms with van der Waals surface area (Å²) in [5, 5.41) is 10.2. The molecule has 0 aromatic carbocycles. The monoisotopic (exact) mass is 139 g/mol. The molecule has 2 heteroatoms. The van der Waals surface area contributed by atoms with Crippen molar-refractivity contribution >= 4 is 0 Å². The topological polar surface area (TPSA) is 26.9 Å². The molecular weight excluding hydrogens is 126 g/mol. The van der Waals surface area contributed by atoms with Crippen LogP contribution in [0.2, 0.25) is 0 Å². The summed E-state index contributed by atoms with van der Waals surface area (Å²) < 4.78 is 0.750. The van der Waals surface area contributed by atoms with Crippen molar-refractivity contribution in [3.8, 4) is 0 Å². The van der Waals surface area contributed by atoms with Crippen LogP contribution in [0.15, 0.2) is 30.6 Å². The first-order valence-corrected chi connectivity index (χ1v) is 3.45. The van der Waals surface area contributed by atoms with Crippen molar-refractivity contribution in [1.82, 2.24) is 0 Å². The molecule has 0 fully saturated rings. The molecule has 0 bridgehead atoms. The summed E-state index contributed by atoms with van der Waals surface area (Å²) in [5.74, 6) is 0. The molecule has 0 atom stereocenters. The quantitative estimate of drug-likeness (QED) is 0.397. The Morgan fingerprint density at radius 1 is 1.10 bits per heavy atom. The second kappa shape index (κ2) is 6.08. The van der Waals surface area contributed by atoms with Gasteiger partial charge in [-0.1, -0.05) is 26.3 Å². The molecule has 0 saturated carbocycles. The van der Waals surface area contributed by atoms with Gasteiger partial charge >= 0.3 is 0 Å². The standard InChI is InChI=1S/C5H5NO.C3H8/c7-6-4-2-1-3-5-6;1-3-2/h1-5H;3H2,1-2H3. The molecule has 56 valence electrons. The van der Waals surface area contributed by atoms with E-state index in [0.717, 1.165) is 4.73 Å². The van der Waals surface area contributed by atoms with Gasteiger partial charge < -0.3 is 5.21 Å². The van der Waals surface area contributed by atoms with Crippen LogP contribution in [0.1, 0.15) is 20.3 Å². The zero-order valence-corrected chi connectivity index (χ0v) is 6.45. The van der Waals surface area contributed by atoms with Gasteiger partial charge in [0, 0.05) is 12.1 Å². The van der Waals surface area contributed by atoms with E-state index in [-0.39, 0.29) is 0 Å². The average molecular weight is 139 g/mol. The zero-order chi connectivity index (χ0) is 7.82. The average Bonchev–Trinajstić information content (AvgIpc) is 1.91. The molecule has 0 unspecified atom stereocenters. The highest BCUT2D eigenvalue weighted by Gasteiger charge is 1.75. The maximum atomic E-state index is 10.2. The molecule has 1 aromatic rings. The third-order valence-electron chi connectivity index (χ3n) is 0.688. The Balaban J connectivity index is 0.000000236. The van der Waals surface area contributed by atoms with E-state index in [4.69, 9.17) is 0 Å². The lowest BCUT2D eigenvalue weighted by Gasteiger charge is -1.88. The molecule has 0 aliphatic heterocycles. The molecule has 0 spiro atoms. The van der Waals surface area contributed by atoms with Crippen LogP contribution < -0.4 is 4.73 Å². The van der Waals surface area contributed by atoms with Crippen LogP contribution in [-0.4, -0.2) is 0 Å². The molecule has 0 radical (unpaired) electrons. The molecule has 1 heterocycles. The lowest BCUT2D eigenvalue weighted by Crippen LogP contribution is -2.22. The molecule has 0 aliphatic rings. The van der Waals surface area contributed by atoms with Crippen molar-refractivity contribution in [3.05, 3.63) is 35.8 Å². The summed E-state index contributed by atoms with van der Waals surface area (Å²) in [5.41, 5.74) is 0. The van der Waals surface area contributed by atoms with Crippen molar-refractivity contribution < 1.29 is 4.73 Å². The van der Waals surface area contributed by atoms with Crippen LogP contribution in [-0.2, 0) is 0 Å². The Bertz CT molecular complexity index is 151. The molecule has 0 amide bonds. The van der Waals surface area contributed by atoms with E-state index in [9.17, 15) is 5.21 Å². The fraction of sp³-hybridized carbons (Fsp3) is 0.375. The first-order chi connectivity index (χ1) is 4.81. The second-order valence-corrected chi connectivity index (χ2v) is 1.94. The van der Waals surface area contributed by atoms with Gasteiger partial charge in [0.2, 0.25) is 0 Å². The number of hydrogen-bond acceptors (Lipinski definition) is 1. The molecule has 1 rings (SSSR count). The summed E-state index contributed by atoms with van der Waals surface area (Å²) in [6, 6.07) is 5.18. The number of rotatable bonds is 0. The van der Waals surface area contributed by atoms with E-state index >= 15 is 0 Å². The summed E-state index contributed by atoms with van der Waals surface area (Å²) in [6.45, 7) is 4.25. The maximum absolute atomic E-state index is 10.2. The normalized spacial score (nSPS) is 7.80. The van der Waals surface area contributed by atoms with Crippen molar-refractivity contribution in [2.75, 3.05) is 0 Å². The maximum Gasteiger partial charge on any atom is 0.180 e. The van der Waals surface area contributed by atoms with Crippen LogP contribution >= 0.6 is 0 Å². The van der Waals surface area contributed by atoms with Crippen molar-refractivity contribution in [3.63, 3.8) is 0 Å². The van der Waals surface area contributed by atoms with Crippen molar-refractivity contribution in [1.29, 1.82) is 0 Å². The third-order valence-corrected chi connectivity index (χ3v) is 0.688. The Hall–Kier alpha value is -1.05. The molecule has 1 aromatic heterocycles. The van der Waals surface area contributed by atoms with E-state index in [2.05, 4.69) is 13.8 Å². The van der Waals surface area contributed by atoms with Gasteiger partial charge in [-0.2, -0.15) is 4.73 Å². The Kier molecular flexibility index (Phi) is 5.44. The highest BCUT2D eigenvalue weighted by atomic mass is 16.5. The van der Waals surface area contributed by atoms with Crippen LogP contribution in [0, 0.1) is 5.21 Å². The molecular formula is C8H13NO. The molecule has 0 saturated heterocycles. The van der Waals surface area contributed by atoms with Crippen LogP contribution in [0.25, 0.3) is 0 Å². The SMILES string of the molecule is CCC.[O-][n+]1ccccc1. The van der Waals surface area contributed by atoms with Gasteiger partial charge in [0.1, 0.15) is 0 Å². The Labute approximate surface area is 61.7 Å². The minimum Gasteiger partial charge on any atom is -0.619 e. The number of nitrogens with zero attached hydrogens (tertiary/aromatic N) is 1. The van der Waals surface area contributed by atoms with Gasteiger partial charge in [-0.25, -0.2) is 0 Å². The smallest absolute Gasteiger partial charge is 0.180 e. The predicted molar refractivity (Wildman–Crippen MR) is 41.4 cm³/mol. The van der Waals surface area contributed by atoms with Gasteiger partial charge in [-0.3, -0.25) is 0 Å².